The molecule has 0 spiro atoms. The van der Waals surface area contributed by atoms with Crippen LogP contribution in [-0.2, 0) is 4.74 Å². The Labute approximate surface area is 112 Å². The summed E-state index contributed by atoms with van der Waals surface area (Å²) in [6.45, 7) is 3.66. The van der Waals surface area contributed by atoms with E-state index in [4.69, 9.17) is 10.5 Å². The number of rotatable bonds is 6. The minimum atomic E-state index is -0.298. The number of amides is 2. The van der Waals surface area contributed by atoms with Gasteiger partial charge in [-0.25, -0.2) is 0 Å². The Morgan fingerprint density at radius 2 is 2.00 bits per heavy atom. The first-order valence-corrected chi connectivity index (χ1v) is 6.49. The minimum absolute atomic E-state index is 0.261. The number of hydrogen-bond donors (Lipinski definition) is 1. The smallest absolute Gasteiger partial charge is 0.263 e. The van der Waals surface area contributed by atoms with Crippen molar-refractivity contribution in [1.29, 1.82) is 0 Å². The highest BCUT2D eigenvalue weighted by Crippen LogP contribution is 2.27. The third kappa shape index (κ3) is 2.61. The minimum Gasteiger partial charge on any atom is -0.398 e. The molecule has 0 aliphatic carbocycles. The maximum atomic E-state index is 12.1. The standard InChI is InChI=1S/C14H18N2O3/c1-2-8-19-9-4-7-16-13(17)10-5-3-6-11(15)12(10)14(16)18/h3,5-6H,2,4,7-9,15H2,1H3. The fourth-order valence-electron chi connectivity index (χ4n) is 2.13. The van der Waals surface area contributed by atoms with Crippen molar-refractivity contribution in [1.82, 2.24) is 4.90 Å². The van der Waals surface area contributed by atoms with E-state index >= 15 is 0 Å². The molecule has 0 saturated carbocycles. The van der Waals surface area contributed by atoms with Gasteiger partial charge in [0, 0.05) is 25.4 Å². The highest BCUT2D eigenvalue weighted by Gasteiger charge is 2.36. The molecule has 0 unspecified atom stereocenters. The van der Waals surface area contributed by atoms with Crippen molar-refractivity contribution in [3.63, 3.8) is 0 Å². The van der Waals surface area contributed by atoms with E-state index < -0.39 is 0 Å². The fourth-order valence-corrected chi connectivity index (χ4v) is 2.13. The van der Waals surface area contributed by atoms with E-state index in [1.54, 1.807) is 18.2 Å². The highest BCUT2D eigenvalue weighted by molar-refractivity contribution is 6.23. The van der Waals surface area contributed by atoms with Gasteiger partial charge < -0.3 is 10.5 Å². The lowest BCUT2D eigenvalue weighted by atomic mass is 10.1. The molecule has 1 aliphatic rings. The molecule has 102 valence electrons. The molecule has 0 bridgehead atoms. The van der Waals surface area contributed by atoms with Gasteiger partial charge in [0.2, 0.25) is 0 Å². The monoisotopic (exact) mass is 262 g/mol. The lowest BCUT2D eigenvalue weighted by Crippen LogP contribution is -2.31. The predicted octanol–water partition coefficient (Wildman–Crippen LogP) is 1.68. The number of carbonyl (C=O) groups excluding carboxylic acids is 2. The average Bonchev–Trinajstić information content (AvgIpc) is 2.64. The van der Waals surface area contributed by atoms with E-state index in [1.807, 2.05) is 6.92 Å². The first kappa shape index (κ1) is 13.5. The molecule has 1 aromatic carbocycles. The third-order valence-electron chi connectivity index (χ3n) is 3.05. The van der Waals surface area contributed by atoms with Gasteiger partial charge in [-0.3, -0.25) is 14.5 Å². The number of nitrogens with zero attached hydrogens (tertiary/aromatic N) is 1. The van der Waals surface area contributed by atoms with E-state index in [-0.39, 0.29) is 11.8 Å². The van der Waals surface area contributed by atoms with Crippen LogP contribution in [0.4, 0.5) is 5.69 Å². The van der Waals surface area contributed by atoms with Crippen LogP contribution in [0.2, 0.25) is 0 Å². The van der Waals surface area contributed by atoms with Crippen LogP contribution in [0.5, 0.6) is 0 Å². The van der Waals surface area contributed by atoms with Crippen LogP contribution in [0.15, 0.2) is 18.2 Å². The third-order valence-corrected chi connectivity index (χ3v) is 3.05. The summed E-state index contributed by atoms with van der Waals surface area (Å²) in [6, 6.07) is 4.96. The molecule has 0 fully saturated rings. The van der Waals surface area contributed by atoms with E-state index in [2.05, 4.69) is 0 Å². The maximum Gasteiger partial charge on any atom is 0.263 e. The first-order chi connectivity index (χ1) is 9.16. The van der Waals surface area contributed by atoms with Crippen LogP contribution in [0.25, 0.3) is 0 Å². The molecule has 19 heavy (non-hydrogen) atoms. The Hall–Kier alpha value is -1.88. The molecular formula is C14H18N2O3. The number of carbonyl (C=O) groups is 2. The zero-order chi connectivity index (χ0) is 13.8. The van der Waals surface area contributed by atoms with Gasteiger partial charge in [-0.05, 0) is 25.0 Å². The second-order valence-corrected chi connectivity index (χ2v) is 4.50. The number of nitrogen functional groups attached to an aromatic ring is 1. The molecule has 5 heteroatoms. The van der Waals surface area contributed by atoms with E-state index in [9.17, 15) is 9.59 Å². The zero-order valence-electron chi connectivity index (χ0n) is 11.0. The van der Waals surface area contributed by atoms with Gasteiger partial charge in [0.05, 0.1) is 11.1 Å². The van der Waals surface area contributed by atoms with Crippen molar-refractivity contribution in [3.05, 3.63) is 29.3 Å². The van der Waals surface area contributed by atoms with Crippen LogP contribution in [-0.4, -0.2) is 36.5 Å². The molecule has 0 saturated heterocycles. The fraction of sp³-hybridized carbons (Fsp3) is 0.429. The van der Waals surface area contributed by atoms with Crippen LogP contribution in [0.1, 0.15) is 40.5 Å². The summed E-state index contributed by atoms with van der Waals surface area (Å²) in [5.41, 5.74) is 6.86. The Balaban J connectivity index is 2.00. The van der Waals surface area contributed by atoms with Gasteiger partial charge in [-0.1, -0.05) is 13.0 Å². The second-order valence-electron chi connectivity index (χ2n) is 4.50. The summed E-state index contributed by atoms with van der Waals surface area (Å²) < 4.78 is 5.34. The van der Waals surface area contributed by atoms with Gasteiger partial charge in [-0.15, -0.1) is 0 Å². The van der Waals surface area contributed by atoms with Gasteiger partial charge in [-0.2, -0.15) is 0 Å². The summed E-state index contributed by atoms with van der Waals surface area (Å²) >= 11 is 0. The predicted molar refractivity (Wildman–Crippen MR) is 71.9 cm³/mol. The number of fused-ring (bicyclic) bond motifs is 1. The molecule has 0 aromatic heterocycles. The lowest BCUT2D eigenvalue weighted by molar-refractivity contribution is 0.0627. The van der Waals surface area contributed by atoms with Crippen molar-refractivity contribution >= 4 is 17.5 Å². The number of imide groups is 1. The molecule has 5 nitrogen and oxygen atoms in total. The lowest BCUT2D eigenvalue weighted by Gasteiger charge is -2.13. The Kier molecular flexibility index (Phi) is 4.16. The van der Waals surface area contributed by atoms with Crippen molar-refractivity contribution < 1.29 is 14.3 Å². The second kappa shape index (κ2) is 5.84. The van der Waals surface area contributed by atoms with E-state index in [1.165, 1.54) is 4.90 Å². The summed E-state index contributed by atoms with van der Waals surface area (Å²) in [6.07, 6.45) is 1.61. The molecule has 2 rings (SSSR count). The van der Waals surface area contributed by atoms with Gasteiger partial charge in [0.15, 0.2) is 0 Å². The van der Waals surface area contributed by atoms with Crippen LogP contribution < -0.4 is 5.73 Å². The number of ether oxygens (including phenoxy) is 1. The molecule has 1 aliphatic heterocycles. The van der Waals surface area contributed by atoms with Crippen LogP contribution in [0, 0.1) is 0 Å². The maximum absolute atomic E-state index is 12.1. The van der Waals surface area contributed by atoms with Gasteiger partial charge >= 0.3 is 0 Å². The van der Waals surface area contributed by atoms with Gasteiger partial charge in [0.1, 0.15) is 0 Å². The normalized spacial score (nSPS) is 14.1. The van der Waals surface area contributed by atoms with E-state index in [0.29, 0.717) is 43.0 Å². The number of benzene rings is 1. The Morgan fingerprint density at radius 1 is 1.21 bits per heavy atom. The summed E-state index contributed by atoms with van der Waals surface area (Å²) in [7, 11) is 0. The SMILES string of the molecule is CCCOCCCN1C(=O)c2cccc(N)c2C1=O. The molecule has 0 radical (unpaired) electrons. The Bertz CT molecular complexity index is 499. The zero-order valence-corrected chi connectivity index (χ0v) is 11.0. The summed E-state index contributed by atoms with van der Waals surface area (Å²) in [4.78, 5) is 25.5. The van der Waals surface area contributed by atoms with Crippen LogP contribution in [0.3, 0.4) is 0 Å². The quantitative estimate of drug-likeness (QED) is 0.481. The number of anilines is 1. The summed E-state index contributed by atoms with van der Waals surface area (Å²) in [5.74, 6) is -0.559. The highest BCUT2D eigenvalue weighted by atomic mass is 16.5. The largest absolute Gasteiger partial charge is 0.398 e. The number of nitrogens with two attached hydrogens (primary N) is 1. The summed E-state index contributed by atoms with van der Waals surface area (Å²) in [5, 5.41) is 0. The van der Waals surface area contributed by atoms with Crippen molar-refractivity contribution in [2.75, 3.05) is 25.5 Å². The molecule has 1 aromatic rings. The molecule has 0 atom stereocenters. The average molecular weight is 262 g/mol. The van der Waals surface area contributed by atoms with Crippen molar-refractivity contribution in [2.45, 2.75) is 19.8 Å². The van der Waals surface area contributed by atoms with Gasteiger partial charge in [0.25, 0.3) is 11.8 Å². The van der Waals surface area contributed by atoms with E-state index in [0.717, 1.165) is 6.42 Å². The number of hydrogen-bond acceptors (Lipinski definition) is 4. The van der Waals surface area contributed by atoms with Crippen molar-refractivity contribution in [3.8, 4) is 0 Å². The molecular weight excluding hydrogens is 244 g/mol. The molecule has 2 N–H and O–H groups in total. The molecule has 2 amide bonds. The molecule has 1 heterocycles. The van der Waals surface area contributed by atoms with Crippen molar-refractivity contribution in [2.24, 2.45) is 0 Å². The first-order valence-electron chi connectivity index (χ1n) is 6.49. The van der Waals surface area contributed by atoms with Crippen LogP contribution >= 0.6 is 0 Å². The Morgan fingerprint density at radius 3 is 2.68 bits per heavy atom. The topological polar surface area (TPSA) is 72.6 Å².